The summed E-state index contributed by atoms with van der Waals surface area (Å²) in [5.74, 6) is 3.64. The second-order valence-electron chi connectivity index (χ2n) is 12.3. The van der Waals surface area contributed by atoms with Crippen LogP contribution in [-0.2, 0) is 0 Å². The number of aliphatic hydroxyl groups excluding tert-OH is 2. The maximum atomic E-state index is 11.3. The highest BCUT2D eigenvalue weighted by molar-refractivity contribution is 5.37. The molecule has 0 aliphatic heterocycles. The molecule has 0 spiro atoms. The normalized spacial score (nSPS) is 46.0. The van der Waals surface area contributed by atoms with Gasteiger partial charge in [0.1, 0.15) is 0 Å². The van der Waals surface area contributed by atoms with Crippen molar-refractivity contribution in [3.63, 3.8) is 0 Å². The summed E-state index contributed by atoms with van der Waals surface area (Å²) in [4.78, 5) is 0. The molecular formula is C28H46O2. The van der Waals surface area contributed by atoms with Gasteiger partial charge in [0.15, 0.2) is 0 Å². The van der Waals surface area contributed by atoms with E-state index in [0.29, 0.717) is 35.5 Å². The molecule has 3 fully saturated rings. The van der Waals surface area contributed by atoms with Crippen molar-refractivity contribution in [3.05, 3.63) is 23.3 Å². The van der Waals surface area contributed by atoms with E-state index < -0.39 is 0 Å². The molecule has 4 aliphatic carbocycles. The molecule has 2 N–H and O–H groups in total. The summed E-state index contributed by atoms with van der Waals surface area (Å²) in [5, 5.41) is 21.6. The van der Waals surface area contributed by atoms with Gasteiger partial charge in [-0.25, -0.2) is 0 Å². The van der Waals surface area contributed by atoms with Gasteiger partial charge in [0.05, 0.1) is 12.2 Å². The van der Waals surface area contributed by atoms with Crippen LogP contribution in [0.1, 0.15) is 92.9 Å². The van der Waals surface area contributed by atoms with E-state index in [1.807, 2.05) is 0 Å². The minimum atomic E-state index is -0.279. The quantitative estimate of drug-likeness (QED) is 0.514. The Morgan fingerprint density at radius 1 is 0.933 bits per heavy atom. The molecule has 0 saturated heterocycles. The molecule has 4 rings (SSSR count). The number of aliphatic hydroxyl groups is 2. The van der Waals surface area contributed by atoms with E-state index in [9.17, 15) is 10.2 Å². The fourth-order valence-corrected chi connectivity index (χ4v) is 8.03. The van der Waals surface area contributed by atoms with E-state index in [2.05, 4.69) is 53.7 Å². The average molecular weight is 415 g/mol. The molecule has 0 amide bonds. The number of allylic oxidation sites excluding steroid dienone is 3. The predicted octanol–water partition coefficient (Wildman–Crippen LogP) is 6.53. The molecular weight excluding hydrogens is 368 g/mol. The average Bonchev–Trinajstić information content (AvgIpc) is 3.04. The van der Waals surface area contributed by atoms with E-state index >= 15 is 0 Å². The molecule has 0 radical (unpaired) electrons. The summed E-state index contributed by atoms with van der Waals surface area (Å²) in [6.45, 7) is 14.4. The molecule has 2 unspecified atom stereocenters. The first-order valence-corrected chi connectivity index (χ1v) is 12.9. The minimum Gasteiger partial charge on any atom is -0.393 e. The number of hydrogen-bond acceptors (Lipinski definition) is 2. The Labute approximate surface area is 185 Å². The Hall–Kier alpha value is -0.600. The zero-order valence-electron chi connectivity index (χ0n) is 20.3. The molecule has 2 nitrogen and oxygen atoms in total. The van der Waals surface area contributed by atoms with Crippen LogP contribution in [0.25, 0.3) is 0 Å². The second kappa shape index (κ2) is 8.07. The van der Waals surface area contributed by atoms with Gasteiger partial charge >= 0.3 is 0 Å². The molecule has 0 bridgehead atoms. The van der Waals surface area contributed by atoms with E-state index in [0.717, 1.165) is 25.7 Å². The summed E-state index contributed by atoms with van der Waals surface area (Å²) in [7, 11) is 0. The Morgan fingerprint density at radius 2 is 1.67 bits per heavy atom. The van der Waals surface area contributed by atoms with E-state index in [4.69, 9.17) is 0 Å². The van der Waals surface area contributed by atoms with Crippen molar-refractivity contribution in [2.24, 2.45) is 46.3 Å². The second-order valence-corrected chi connectivity index (χ2v) is 12.3. The van der Waals surface area contributed by atoms with Gasteiger partial charge in [-0.05, 0) is 103 Å². The van der Waals surface area contributed by atoms with Crippen LogP contribution in [0.3, 0.4) is 0 Å². The molecule has 3 saturated carbocycles. The molecule has 0 aromatic heterocycles. The number of fused-ring (bicyclic) bond motifs is 4. The Kier molecular flexibility index (Phi) is 6.08. The Balaban J connectivity index is 1.62. The molecule has 9 atom stereocenters. The summed E-state index contributed by atoms with van der Waals surface area (Å²) in [5.41, 5.74) is 3.63. The zero-order chi connectivity index (χ0) is 21.8. The number of rotatable bonds is 4. The standard InChI is InChI=1S/C28H46O2/c1-17(2)18(3)7-8-19(4)22-9-10-23-26-24(12-14-28(22,23)6)27(5)13-11-21(29)15-20(27)16-25(26)30/h7-8,17-22,24-25,29-30H,9-16H2,1-6H3/b8-7+/t18-,19-,20?,21+,22-,24?,25-,27+,28-/m1/s1. The molecule has 0 aromatic rings. The fourth-order valence-electron chi connectivity index (χ4n) is 8.03. The third-order valence-corrected chi connectivity index (χ3v) is 10.5. The minimum absolute atomic E-state index is 0.157. The van der Waals surface area contributed by atoms with Crippen molar-refractivity contribution in [1.29, 1.82) is 0 Å². The predicted molar refractivity (Wildman–Crippen MR) is 125 cm³/mol. The maximum absolute atomic E-state index is 11.3. The summed E-state index contributed by atoms with van der Waals surface area (Å²) in [6, 6.07) is 0. The van der Waals surface area contributed by atoms with E-state index in [1.165, 1.54) is 31.3 Å². The molecule has 170 valence electrons. The van der Waals surface area contributed by atoms with Crippen molar-refractivity contribution < 1.29 is 10.2 Å². The van der Waals surface area contributed by atoms with Gasteiger partial charge in [-0.15, -0.1) is 0 Å². The van der Waals surface area contributed by atoms with Crippen molar-refractivity contribution in [1.82, 2.24) is 0 Å². The van der Waals surface area contributed by atoms with Crippen molar-refractivity contribution in [2.75, 3.05) is 0 Å². The molecule has 0 aromatic carbocycles. The topological polar surface area (TPSA) is 40.5 Å². The molecule has 0 heterocycles. The molecule has 4 aliphatic rings. The van der Waals surface area contributed by atoms with Crippen molar-refractivity contribution in [2.45, 2.75) is 105 Å². The lowest BCUT2D eigenvalue weighted by Crippen LogP contribution is -2.52. The third-order valence-electron chi connectivity index (χ3n) is 10.5. The van der Waals surface area contributed by atoms with Gasteiger partial charge < -0.3 is 10.2 Å². The first-order chi connectivity index (χ1) is 14.1. The van der Waals surface area contributed by atoms with Crippen LogP contribution in [0.5, 0.6) is 0 Å². The lowest BCUT2D eigenvalue weighted by molar-refractivity contribution is -0.0661. The highest BCUT2D eigenvalue weighted by atomic mass is 16.3. The van der Waals surface area contributed by atoms with Crippen LogP contribution in [0.15, 0.2) is 23.3 Å². The van der Waals surface area contributed by atoms with Crippen LogP contribution < -0.4 is 0 Å². The van der Waals surface area contributed by atoms with Gasteiger partial charge in [-0.2, -0.15) is 0 Å². The van der Waals surface area contributed by atoms with Crippen LogP contribution in [0.4, 0.5) is 0 Å². The highest BCUT2D eigenvalue weighted by Crippen LogP contribution is 2.65. The lowest BCUT2D eigenvalue weighted by atomic mass is 9.48. The molecule has 2 heteroatoms. The van der Waals surface area contributed by atoms with Crippen molar-refractivity contribution in [3.8, 4) is 0 Å². The summed E-state index contributed by atoms with van der Waals surface area (Å²) >= 11 is 0. The van der Waals surface area contributed by atoms with Crippen LogP contribution in [0.2, 0.25) is 0 Å². The SMILES string of the molecule is CC(C)[C@H](C)/C=C/[C@@H](C)[C@H]1CCC2=C3C(CC[C@@]21C)[C@@]1(C)CC[C@H](O)CC1C[C@H]3O. The first-order valence-electron chi connectivity index (χ1n) is 12.9. The van der Waals surface area contributed by atoms with Crippen molar-refractivity contribution >= 4 is 0 Å². The molecule has 30 heavy (non-hydrogen) atoms. The van der Waals surface area contributed by atoms with Gasteiger partial charge in [0, 0.05) is 0 Å². The monoisotopic (exact) mass is 414 g/mol. The highest BCUT2D eigenvalue weighted by Gasteiger charge is 2.57. The van der Waals surface area contributed by atoms with E-state index in [-0.39, 0.29) is 23.0 Å². The fraction of sp³-hybridized carbons (Fsp3) is 0.857. The first kappa shape index (κ1) is 22.6. The van der Waals surface area contributed by atoms with Crippen LogP contribution in [-0.4, -0.2) is 22.4 Å². The van der Waals surface area contributed by atoms with Gasteiger partial charge in [0.25, 0.3) is 0 Å². The van der Waals surface area contributed by atoms with Gasteiger partial charge in [-0.3, -0.25) is 0 Å². The summed E-state index contributed by atoms with van der Waals surface area (Å²) < 4.78 is 0. The van der Waals surface area contributed by atoms with E-state index in [1.54, 1.807) is 5.57 Å². The Bertz CT molecular complexity index is 705. The third kappa shape index (κ3) is 3.54. The lowest BCUT2D eigenvalue weighted by Gasteiger charge is -2.58. The maximum Gasteiger partial charge on any atom is 0.0758 e. The zero-order valence-corrected chi connectivity index (χ0v) is 20.3. The van der Waals surface area contributed by atoms with Gasteiger partial charge in [0.2, 0.25) is 0 Å². The number of hydrogen-bond donors (Lipinski definition) is 2. The largest absolute Gasteiger partial charge is 0.393 e. The Morgan fingerprint density at radius 3 is 2.37 bits per heavy atom. The van der Waals surface area contributed by atoms with Gasteiger partial charge in [-0.1, -0.05) is 59.3 Å². The van der Waals surface area contributed by atoms with Crippen LogP contribution >= 0.6 is 0 Å². The van der Waals surface area contributed by atoms with Crippen LogP contribution in [0, 0.1) is 46.3 Å². The smallest absolute Gasteiger partial charge is 0.0758 e. The summed E-state index contributed by atoms with van der Waals surface area (Å²) in [6.07, 6.45) is 13.3.